The van der Waals surface area contributed by atoms with Gasteiger partial charge >= 0.3 is 5.97 Å². The smallest absolute Gasteiger partial charge is 0.335 e. The molecule has 1 saturated heterocycles. The number of nitrogens with zero attached hydrogens (tertiary/aromatic N) is 1. The Bertz CT molecular complexity index is 774. The van der Waals surface area contributed by atoms with E-state index < -0.39 is 5.97 Å². The van der Waals surface area contributed by atoms with Crippen LogP contribution in [0.15, 0.2) is 48.5 Å². The van der Waals surface area contributed by atoms with Crippen LogP contribution >= 0.6 is 0 Å². The fraction of sp³-hybridized carbons (Fsp3) is 0.300. The minimum absolute atomic E-state index is 0.164. The van der Waals surface area contributed by atoms with E-state index in [-0.39, 0.29) is 11.5 Å². The van der Waals surface area contributed by atoms with Gasteiger partial charge in [0.25, 0.3) is 5.91 Å². The fourth-order valence-electron chi connectivity index (χ4n) is 3.24. The molecule has 0 saturated carbocycles. The predicted octanol–water partition coefficient (Wildman–Crippen LogP) is 3.87. The molecule has 25 heavy (non-hydrogen) atoms. The van der Waals surface area contributed by atoms with Gasteiger partial charge in [0.2, 0.25) is 0 Å². The van der Waals surface area contributed by atoms with Gasteiger partial charge in [0.1, 0.15) is 0 Å². The molecule has 1 amide bonds. The van der Waals surface area contributed by atoms with Crippen LogP contribution in [0.1, 0.15) is 40.5 Å². The first-order valence-electron chi connectivity index (χ1n) is 8.53. The summed E-state index contributed by atoms with van der Waals surface area (Å²) < 4.78 is 0. The summed E-state index contributed by atoms with van der Waals surface area (Å²) in [5.74, 6) is -0.672. The van der Waals surface area contributed by atoms with Gasteiger partial charge in [-0.25, -0.2) is 4.79 Å². The van der Waals surface area contributed by atoms with Crippen molar-refractivity contribution in [2.75, 3.05) is 23.3 Å². The third-order valence-corrected chi connectivity index (χ3v) is 4.53. The van der Waals surface area contributed by atoms with Crippen molar-refractivity contribution in [2.24, 2.45) is 5.92 Å². The van der Waals surface area contributed by atoms with Gasteiger partial charge in [0.05, 0.1) is 16.9 Å². The largest absolute Gasteiger partial charge is 0.478 e. The van der Waals surface area contributed by atoms with E-state index in [0.29, 0.717) is 17.2 Å². The van der Waals surface area contributed by atoms with Gasteiger partial charge in [-0.3, -0.25) is 4.79 Å². The maximum absolute atomic E-state index is 12.5. The predicted molar refractivity (Wildman–Crippen MR) is 98.4 cm³/mol. The number of carbonyl (C=O) groups excluding carboxylic acids is 1. The van der Waals surface area contributed by atoms with Gasteiger partial charge in [-0.15, -0.1) is 0 Å². The Hall–Kier alpha value is -2.82. The Morgan fingerprint density at radius 3 is 2.56 bits per heavy atom. The normalized spacial score (nSPS) is 17.2. The summed E-state index contributed by atoms with van der Waals surface area (Å²) in [5.41, 5.74) is 2.13. The molecule has 1 heterocycles. The van der Waals surface area contributed by atoms with Crippen molar-refractivity contribution in [3.05, 3.63) is 59.7 Å². The quantitative estimate of drug-likeness (QED) is 0.888. The second kappa shape index (κ2) is 7.38. The van der Waals surface area contributed by atoms with Gasteiger partial charge in [0, 0.05) is 18.7 Å². The van der Waals surface area contributed by atoms with E-state index in [1.54, 1.807) is 36.4 Å². The van der Waals surface area contributed by atoms with Gasteiger partial charge in [-0.1, -0.05) is 25.1 Å². The lowest BCUT2D eigenvalue weighted by molar-refractivity contribution is 0.0696. The Morgan fingerprint density at radius 1 is 1.12 bits per heavy atom. The zero-order chi connectivity index (χ0) is 17.8. The summed E-state index contributed by atoms with van der Waals surface area (Å²) in [6, 6.07) is 13.8. The summed E-state index contributed by atoms with van der Waals surface area (Å²) >= 11 is 0. The van der Waals surface area contributed by atoms with Gasteiger partial charge in [-0.2, -0.15) is 0 Å². The van der Waals surface area contributed by atoms with Crippen molar-refractivity contribution in [1.82, 2.24) is 0 Å². The van der Waals surface area contributed by atoms with Crippen molar-refractivity contribution < 1.29 is 14.7 Å². The van der Waals surface area contributed by atoms with E-state index in [0.717, 1.165) is 25.2 Å². The second-order valence-corrected chi connectivity index (χ2v) is 6.55. The van der Waals surface area contributed by atoms with Crippen LogP contribution < -0.4 is 10.2 Å². The highest BCUT2D eigenvalue weighted by molar-refractivity contribution is 6.06. The molecule has 2 aromatic rings. The van der Waals surface area contributed by atoms with E-state index in [1.165, 1.54) is 12.5 Å². The lowest BCUT2D eigenvalue weighted by Gasteiger charge is -2.34. The van der Waals surface area contributed by atoms with E-state index in [1.807, 2.05) is 6.07 Å². The number of carboxylic acid groups (broad SMARTS) is 1. The number of hydrogen-bond donors (Lipinski definition) is 2. The molecule has 1 atom stereocenters. The maximum Gasteiger partial charge on any atom is 0.335 e. The first kappa shape index (κ1) is 17.0. The van der Waals surface area contributed by atoms with Crippen molar-refractivity contribution in [1.29, 1.82) is 0 Å². The molecule has 0 aliphatic carbocycles. The summed E-state index contributed by atoms with van der Waals surface area (Å²) in [5, 5.41) is 12.2. The van der Waals surface area contributed by atoms with Crippen molar-refractivity contribution in [2.45, 2.75) is 19.8 Å². The number of rotatable bonds is 4. The average molecular weight is 338 g/mol. The van der Waals surface area contributed by atoms with Crippen LogP contribution in [-0.2, 0) is 0 Å². The number of amides is 1. The van der Waals surface area contributed by atoms with Crippen LogP contribution in [0, 0.1) is 5.92 Å². The van der Waals surface area contributed by atoms with Crippen molar-refractivity contribution in [3.8, 4) is 0 Å². The van der Waals surface area contributed by atoms with Crippen LogP contribution in [0.2, 0.25) is 0 Å². The minimum atomic E-state index is -1.01. The van der Waals surface area contributed by atoms with E-state index in [4.69, 9.17) is 0 Å². The Morgan fingerprint density at radius 2 is 1.88 bits per heavy atom. The average Bonchev–Trinajstić information content (AvgIpc) is 2.62. The highest BCUT2D eigenvalue weighted by atomic mass is 16.4. The third kappa shape index (κ3) is 3.99. The fourth-order valence-corrected chi connectivity index (χ4v) is 3.24. The minimum Gasteiger partial charge on any atom is -0.478 e. The van der Waals surface area contributed by atoms with Crippen LogP contribution in [0.3, 0.4) is 0 Å². The summed E-state index contributed by atoms with van der Waals surface area (Å²) in [4.78, 5) is 26.1. The zero-order valence-corrected chi connectivity index (χ0v) is 14.2. The SMILES string of the molecule is CC1CCCN(c2ccc(C(=O)O)cc2NC(=O)c2ccccc2)C1. The Balaban J connectivity index is 1.92. The highest BCUT2D eigenvalue weighted by Gasteiger charge is 2.21. The number of nitrogens with one attached hydrogen (secondary N) is 1. The van der Waals surface area contributed by atoms with Crippen LogP contribution in [0.4, 0.5) is 11.4 Å². The number of aromatic carboxylic acids is 1. The molecule has 0 bridgehead atoms. The molecule has 3 rings (SSSR count). The van der Waals surface area contributed by atoms with Crippen LogP contribution in [-0.4, -0.2) is 30.1 Å². The van der Waals surface area contributed by atoms with Gasteiger partial charge in [0.15, 0.2) is 0 Å². The summed E-state index contributed by atoms with van der Waals surface area (Å²) in [7, 11) is 0. The van der Waals surface area contributed by atoms with Gasteiger partial charge < -0.3 is 15.3 Å². The second-order valence-electron chi connectivity index (χ2n) is 6.55. The molecule has 130 valence electrons. The van der Waals surface area contributed by atoms with E-state index >= 15 is 0 Å². The standard InChI is InChI=1S/C20H22N2O3/c1-14-6-5-11-22(13-14)18-10-9-16(20(24)25)12-17(18)21-19(23)15-7-3-2-4-8-15/h2-4,7-10,12,14H,5-6,11,13H2,1H3,(H,21,23)(H,24,25). The number of carboxylic acids is 1. The van der Waals surface area contributed by atoms with Crippen LogP contribution in [0.5, 0.6) is 0 Å². The van der Waals surface area contributed by atoms with Gasteiger partial charge in [-0.05, 0) is 49.1 Å². The number of hydrogen-bond acceptors (Lipinski definition) is 3. The molecule has 5 heteroatoms. The molecule has 2 N–H and O–H groups in total. The molecule has 1 aliphatic heterocycles. The zero-order valence-electron chi connectivity index (χ0n) is 14.2. The van der Waals surface area contributed by atoms with Crippen molar-refractivity contribution in [3.63, 3.8) is 0 Å². The molecule has 5 nitrogen and oxygen atoms in total. The molecule has 2 aromatic carbocycles. The highest BCUT2D eigenvalue weighted by Crippen LogP contribution is 2.31. The summed E-state index contributed by atoms with van der Waals surface area (Å²) in [6.07, 6.45) is 2.28. The summed E-state index contributed by atoms with van der Waals surface area (Å²) in [6.45, 7) is 4.02. The Kier molecular flexibility index (Phi) is 5.03. The molecule has 1 fully saturated rings. The first-order valence-corrected chi connectivity index (χ1v) is 8.53. The molecular weight excluding hydrogens is 316 g/mol. The van der Waals surface area contributed by atoms with E-state index in [2.05, 4.69) is 17.1 Å². The molecule has 1 unspecified atom stereocenters. The molecule has 0 aromatic heterocycles. The lowest BCUT2D eigenvalue weighted by atomic mass is 9.99. The first-order chi connectivity index (χ1) is 12.0. The third-order valence-electron chi connectivity index (χ3n) is 4.53. The molecule has 0 radical (unpaired) electrons. The molecule has 0 spiro atoms. The monoisotopic (exact) mass is 338 g/mol. The van der Waals surface area contributed by atoms with Crippen molar-refractivity contribution >= 4 is 23.3 Å². The number of piperidine rings is 1. The van der Waals surface area contributed by atoms with E-state index in [9.17, 15) is 14.7 Å². The number of benzene rings is 2. The topological polar surface area (TPSA) is 69.6 Å². The van der Waals surface area contributed by atoms with Crippen LogP contribution in [0.25, 0.3) is 0 Å². The lowest BCUT2D eigenvalue weighted by Crippen LogP contribution is -2.35. The maximum atomic E-state index is 12.5. The Labute approximate surface area is 147 Å². The molecule has 1 aliphatic rings. The number of anilines is 2. The molecular formula is C20H22N2O3. The number of carbonyl (C=O) groups is 2.